The predicted octanol–water partition coefficient (Wildman–Crippen LogP) is 3.03. The maximum absolute atomic E-state index is 4.39. The second-order valence-electron chi connectivity index (χ2n) is 4.81. The topological polar surface area (TPSA) is 27.6 Å². The first-order valence-corrected chi connectivity index (χ1v) is 8.24. The first-order chi connectivity index (χ1) is 9.35. The second kappa shape index (κ2) is 9.50. The smallest absolute Gasteiger partial charge is 0.193 e. The van der Waals surface area contributed by atoms with Gasteiger partial charge in [-0.15, -0.1) is 24.0 Å². The Morgan fingerprint density at radius 1 is 1.40 bits per heavy atom. The highest BCUT2D eigenvalue weighted by Gasteiger charge is 2.25. The number of hydrogen-bond donors (Lipinski definition) is 1. The first-order valence-electron chi connectivity index (χ1n) is 6.84. The van der Waals surface area contributed by atoms with Crippen molar-refractivity contribution in [2.24, 2.45) is 4.99 Å². The van der Waals surface area contributed by atoms with Gasteiger partial charge in [-0.1, -0.05) is 30.3 Å². The summed E-state index contributed by atoms with van der Waals surface area (Å²) in [5.41, 5.74) is 1.45. The molecular weight excluding hydrogens is 381 g/mol. The molecule has 0 aliphatic carbocycles. The Kier molecular flexibility index (Phi) is 8.37. The van der Waals surface area contributed by atoms with Gasteiger partial charge >= 0.3 is 0 Å². The number of halogens is 1. The van der Waals surface area contributed by atoms with Gasteiger partial charge in [0.2, 0.25) is 0 Å². The number of aliphatic imine (C=N–C) groups is 1. The fourth-order valence-electron chi connectivity index (χ4n) is 2.55. The third-order valence-corrected chi connectivity index (χ3v) is 4.17. The third-order valence-electron chi connectivity index (χ3n) is 3.56. The highest BCUT2D eigenvalue weighted by Crippen LogP contribution is 2.26. The van der Waals surface area contributed by atoms with Gasteiger partial charge in [-0.05, 0) is 18.2 Å². The molecule has 1 unspecified atom stereocenters. The molecule has 0 spiro atoms. The van der Waals surface area contributed by atoms with E-state index in [1.54, 1.807) is 0 Å². The van der Waals surface area contributed by atoms with Gasteiger partial charge in [0.25, 0.3) is 0 Å². The van der Waals surface area contributed by atoms with Gasteiger partial charge < -0.3 is 10.2 Å². The Bertz CT molecular complexity index is 411. The number of nitrogens with one attached hydrogen (secondary N) is 1. The molecule has 1 aliphatic rings. The van der Waals surface area contributed by atoms with Crippen LogP contribution in [0, 0.1) is 0 Å². The van der Waals surface area contributed by atoms with E-state index in [4.69, 9.17) is 0 Å². The molecule has 1 aromatic rings. The number of rotatable bonds is 4. The van der Waals surface area contributed by atoms with Crippen molar-refractivity contribution in [3.8, 4) is 0 Å². The van der Waals surface area contributed by atoms with E-state index >= 15 is 0 Å². The molecule has 0 bridgehead atoms. The molecule has 3 nitrogen and oxygen atoms in total. The van der Waals surface area contributed by atoms with Crippen LogP contribution in [0.15, 0.2) is 35.3 Å². The van der Waals surface area contributed by atoms with Crippen LogP contribution in [0.1, 0.15) is 17.9 Å². The standard InChI is InChI=1S/C15H23N3S.HI/c1-16-15(17-9-11-19-2)18-10-8-14(12-18)13-6-4-3-5-7-13;/h3-7,14H,8-12H2,1-2H3,(H,16,17);1H. The first kappa shape index (κ1) is 17.6. The monoisotopic (exact) mass is 405 g/mol. The predicted molar refractivity (Wildman–Crippen MR) is 101 cm³/mol. The highest BCUT2D eigenvalue weighted by atomic mass is 127. The Balaban J connectivity index is 0.00000200. The van der Waals surface area contributed by atoms with Gasteiger partial charge in [0.05, 0.1) is 0 Å². The van der Waals surface area contributed by atoms with Crippen LogP contribution in [-0.2, 0) is 0 Å². The average Bonchev–Trinajstić information content (AvgIpc) is 2.94. The van der Waals surface area contributed by atoms with E-state index in [0.29, 0.717) is 5.92 Å². The van der Waals surface area contributed by atoms with E-state index in [1.807, 2.05) is 18.8 Å². The zero-order valence-electron chi connectivity index (χ0n) is 12.2. The van der Waals surface area contributed by atoms with Crippen LogP contribution in [0.3, 0.4) is 0 Å². The van der Waals surface area contributed by atoms with E-state index in [1.165, 1.54) is 12.0 Å². The molecule has 20 heavy (non-hydrogen) atoms. The molecule has 1 N–H and O–H groups in total. The summed E-state index contributed by atoms with van der Waals surface area (Å²) >= 11 is 1.86. The summed E-state index contributed by atoms with van der Waals surface area (Å²) in [5, 5.41) is 3.44. The van der Waals surface area contributed by atoms with Crippen molar-refractivity contribution < 1.29 is 0 Å². The van der Waals surface area contributed by atoms with E-state index in [-0.39, 0.29) is 24.0 Å². The fraction of sp³-hybridized carbons (Fsp3) is 0.533. The number of benzene rings is 1. The highest BCUT2D eigenvalue weighted by molar-refractivity contribution is 14.0. The summed E-state index contributed by atoms with van der Waals surface area (Å²) in [6.07, 6.45) is 3.35. The SMILES string of the molecule is CN=C(NCCSC)N1CCC(c2ccccc2)C1.I. The van der Waals surface area contributed by atoms with E-state index in [2.05, 4.69) is 51.8 Å². The quantitative estimate of drug-likeness (QED) is 0.361. The summed E-state index contributed by atoms with van der Waals surface area (Å²) in [4.78, 5) is 6.77. The lowest BCUT2D eigenvalue weighted by molar-refractivity contribution is 0.488. The number of thioether (sulfide) groups is 1. The molecule has 1 saturated heterocycles. The van der Waals surface area contributed by atoms with Crippen molar-refractivity contribution in [3.63, 3.8) is 0 Å². The molecule has 0 amide bonds. The van der Waals surface area contributed by atoms with Crippen molar-refractivity contribution in [2.45, 2.75) is 12.3 Å². The number of hydrogen-bond acceptors (Lipinski definition) is 2. The summed E-state index contributed by atoms with van der Waals surface area (Å²) in [6, 6.07) is 10.8. The summed E-state index contributed by atoms with van der Waals surface area (Å²) < 4.78 is 0. The van der Waals surface area contributed by atoms with Gasteiger partial charge in [-0.25, -0.2) is 0 Å². The second-order valence-corrected chi connectivity index (χ2v) is 5.79. The van der Waals surface area contributed by atoms with Crippen LogP contribution in [0.25, 0.3) is 0 Å². The Hall–Kier alpha value is -0.430. The van der Waals surface area contributed by atoms with Crippen molar-refractivity contribution in [1.82, 2.24) is 10.2 Å². The molecule has 0 saturated carbocycles. The summed E-state index contributed by atoms with van der Waals surface area (Å²) in [5.74, 6) is 2.81. The molecule has 1 heterocycles. The van der Waals surface area contributed by atoms with Crippen molar-refractivity contribution in [3.05, 3.63) is 35.9 Å². The lowest BCUT2D eigenvalue weighted by atomic mass is 9.99. The van der Waals surface area contributed by atoms with Gasteiger partial charge in [-0.2, -0.15) is 11.8 Å². The molecule has 112 valence electrons. The zero-order chi connectivity index (χ0) is 13.5. The molecule has 1 aliphatic heterocycles. The minimum absolute atomic E-state index is 0. The van der Waals surface area contributed by atoms with E-state index in [9.17, 15) is 0 Å². The van der Waals surface area contributed by atoms with Crippen molar-refractivity contribution in [2.75, 3.05) is 38.7 Å². The van der Waals surface area contributed by atoms with Gasteiger partial charge in [0, 0.05) is 38.4 Å². The molecule has 0 radical (unpaired) electrons. The number of nitrogens with zero attached hydrogens (tertiary/aromatic N) is 2. The van der Waals surface area contributed by atoms with Gasteiger partial charge in [0.15, 0.2) is 5.96 Å². The summed E-state index contributed by atoms with van der Waals surface area (Å²) in [7, 11) is 1.87. The molecule has 1 fully saturated rings. The van der Waals surface area contributed by atoms with Crippen LogP contribution in [-0.4, -0.2) is 49.6 Å². The zero-order valence-corrected chi connectivity index (χ0v) is 15.4. The Morgan fingerprint density at radius 2 is 2.15 bits per heavy atom. The molecule has 0 aromatic heterocycles. The van der Waals surface area contributed by atoms with E-state index < -0.39 is 0 Å². The lowest BCUT2D eigenvalue weighted by Gasteiger charge is -2.21. The molecular formula is C15H24IN3S. The Labute approximate surface area is 143 Å². The van der Waals surface area contributed by atoms with Crippen molar-refractivity contribution >= 4 is 41.7 Å². The lowest BCUT2D eigenvalue weighted by Crippen LogP contribution is -2.40. The molecule has 5 heteroatoms. The normalized spacial score (nSPS) is 18.8. The molecule has 2 rings (SSSR count). The largest absolute Gasteiger partial charge is 0.355 e. The average molecular weight is 405 g/mol. The fourth-order valence-corrected chi connectivity index (χ4v) is 2.85. The maximum atomic E-state index is 4.39. The van der Waals surface area contributed by atoms with Gasteiger partial charge in [-0.3, -0.25) is 4.99 Å². The van der Waals surface area contributed by atoms with Crippen LogP contribution in [0.4, 0.5) is 0 Å². The number of likely N-dealkylation sites (tertiary alicyclic amines) is 1. The van der Waals surface area contributed by atoms with Crippen molar-refractivity contribution in [1.29, 1.82) is 0 Å². The van der Waals surface area contributed by atoms with Gasteiger partial charge in [0.1, 0.15) is 0 Å². The third kappa shape index (κ3) is 4.84. The van der Waals surface area contributed by atoms with Crippen LogP contribution < -0.4 is 5.32 Å². The molecule has 1 aromatic carbocycles. The Morgan fingerprint density at radius 3 is 2.80 bits per heavy atom. The maximum Gasteiger partial charge on any atom is 0.193 e. The minimum atomic E-state index is 0. The number of guanidine groups is 1. The minimum Gasteiger partial charge on any atom is -0.355 e. The summed E-state index contributed by atoms with van der Waals surface area (Å²) in [6.45, 7) is 3.15. The van der Waals surface area contributed by atoms with Crippen LogP contribution in [0.2, 0.25) is 0 Å². The van der Waals surface area contributed by atoms with E-state index in [0.717, 1.165) is 31.3 Å². The van der Waals surface area contributed by atoms with Crippen LogP contribution >= 0.6 is 35.7 Å². The molecule has 1 atom stereocenters. The van der Waals surface area contributed by atoms with Crippen LogP contribution in [0.5, 0.6) is 0 Å².